The maximum absolute atomic E-state index is 10.9. The summed E-state index contributed by atoms with van der Waals surface area (Å²) < 4.78 is 0. The molecular formula is C21H16N2O2S. The summed E-state index contributed by atoms with van der Waals surface area (Å²) in [6.07, 6.45) is 0. The van der Waals surface area contributed by atoms with Crippen LogP contribution in [0.1, 0.15) is 27.2 Å². The fourth-order valence-corrected chi connectivity index (χ4v) is 3.60. The molecule has 26 heavy (non-hydrogen) atoms. The number of nitriles is 1. The third-order valence-electron chi connectivity index (χ3n) is 3.89. The van der Waals surface area contributed by atoms with Gasteiger partial charge in [0.25, 0.3) is 0 Å². The van der Waals surface area contributed by atoms with Crippen molar-refractivity contribution < 1.29 is 9.90 Å². The number of rotatable bonds is 5. The van der Waals surface area contributed by atoms with E-state index in [-0.39, 0.29) is 5.56 Å². The molecule has 0 amide bonds. The highest BCUT2D eigenvalue weighted by molar-refractivity contribution is 7.98. The van der Waals surface area contributed by atoms with Crippen molar-refractivity contribution >= 4 is 17.7 Å². The van der Waals surface area contributed by atoms with E-state index in [0.29, 0.717) is 16.3 Å². The van der Waals surface area contributed by atoms with Crippen LogP contribution < -0.4 is 0 Å². The van der Waals surface area contributed by atoms with Crippen LogP contribution in [0.2, 0.25) is 0 Å². The average molecular weight is 360 g/mol. The van der Waals surface area contributed by atoms with Crippen molar-refractivity contribution in [1.29, 1.82) is 5.26 Å². The first-order valence-corrected chi connectivity index (χ1v) is 8.99. The fourth-order valence-electron chi connectivity index (χ4n) is 2.60. The Hall–Kier alpha value is -3.10. The van der Waals surface area contributed by atoms with Crippen LogP contribution in [0.15, 0.2) is 65.7 Å². The first-order valence-electron chi connectivity index (χ1n) is 8.00. The van der Waals surface area contributed by atoms with Crippen LogP contribution in [0, 0.1) is 18.3 Å². The number of benzene rings is 2. The van der Waals surface area contributed by atoms with Gasteiger partial charge in [0, 0.05) is 17.0 Å². The highest BCUT2D eigenvalue weighted by atomic mass is 32.2. The molecular weight excluding hydrogens is 344 g/mol. The number of nitrogens with zero attached hydrogens (tertiary/aromatic N) is 2. The number of carbonyl (C=O) groups is 1. The summed E-state index contributed by atoms with van der Waals surface area (Å²) in [6.45, 7) is 1.92. The molecule has 0 saturated heterocycles. The lowest BCUT2D eigenvalue weighted by Crippen LogP contribution is -1.97. The van der Waals surface area contributed by atoms with Gasteiger partial charge in [-0.05, 0) is 36.2 Å². The Kier molecular flexibility index (Phi) is 5.35. The number of pyridine rings is 1. The normalized spacial score (nSPS) is 10.3. The second kappa shape index (κ2) is 7.85. The molecule has 4 nitrogen and oxygen atoms in total. The van der Waals surface area contributed by atoms with E-state index in [2.05, 4.69) is 11.1 Å². The van der Waals surface area contributed by atoms with Gasteiger partial charge in [-0.2, -0.15) is 5.26 Å². The van der Waals surface area contributed by atoms with Crippen LogP contribution in [-0.4, -0.2) is 16.1 Å². The standard InChI is InChI=1S/C21H16N2O2S/c1-14-11-18(16-5-3-2-4-6-16)19(12-22)20(23-14)26-13-15-7-9-17(10-8-15)21(24)25/h2-11H,13H2,1H3,(H,24,25). The summed E-state index contributed by atoms with van der Waals surface area (Å²) >= 11 is 1.48. The van der Waals surface area contributed by atoms with Gasteiger partial charge in [-0.25, -0.2) is 9.78 Å². The summed E-state index contributed by atoms with van der Waals surface area (Å²) in [6, 6.07) is 20.8. The quantitative estimate of drug-likeness (QED) is 0.654. The van der Waals surface area contributed by atoms with Gasteiger partial charge in [-0.1, -0.05) is 42.5 Å². The van der Waals surface area contributed by atoms with E-state index in [1.165, 1.54) is 11.8 Å². The molecule has 2 aromatic carbocycles. The van der Waals surface area contributed by atoms with Crippen molar-refractivity contribution in [1.82, 2.24) is 4.98 Å². The Morgan fingerprint density at radius 1 is 1.15 bits per heavy atom. The molecule has 0 aliphatic heterocycles. The van der Waals surface area contributed by atoms with Gasteiger partial charge < -0.3 is 5.11 Å². The number of aryl methyl sites for hydroxylation is 1. The molecule has 3 rings (SSSR count). The lowest BCUT2D eigenvalue weighted by Gasteiger charge is -2.11. The number of aromatic carboxylic acids is 1. The third kappa shape index (κ3) is 3.93. The third-order valence-corrected chi connectivity index (χ3v) is 4.93. The molecule has 0 radical (unpaired) electrons. The SMILES string of the molecule is Cc1cc(-c2ccccc2)c(C#N)c(SCc2ccc(C(=O)O)cc2)n1. The number of hydrogen-bond donors (Lipinski definition) is 1. The van der Waals surface area contributed by atoms with Gasteiger partial charge in [-0.15, -0.1) is 11.8 Å². The molecule has 1 heterocycles. The number of hydrogen-bond acceptors (Lipinski definition) is 4. The summed E-state index contributed by atoms with van der Waals surface area (Å²) in [5, 5.41) is 19.3. The number of carboxylic acid groups (broad SMARTS) is 1. The summed E-state index contributed by atoms with van der Waals surface area (Å²) in [5.41, 5.74) is 4.53. The van der Waals surface area contributed by atoms with E-state index in [4.69, 9.17) is 5.11 Å². The van der Waals surface area contributed by atoms with E-state index in [1.807, 2.05) is 43.3 Å². The zero-order chi connectivity index (χ0) is 18.5. The van der Waals surface area contributed by atoms with Crippen LogP contribution in [0.25, 0.3) is 11.1 Å². The minimum atomic E-state index is -0.941. The molecule has 1 N–H and O–H groups in total. The largest absolute Gasteiger partial charge is 0.478 e. The van der Waals surface area contributed by atoms with Gasteiger partial charge in [0.15, 0.2) is 0 Å². The Labute approximate surface area is 156 Å². The Morgan fingerprint density at radius 3 is 2.46 bits per heavy atom. The van der Waals surface area contributed by atoms with Gasteiger partial charge >= 0.3 is 5.97 Å². The Balaban J connectivity index is 1.89. The van der Waals surface area contributed by atoms with Crippen LogP contribution in [0.3, 0.4) is 0 Å². The van der Waals surface area contributed by atoms with Crippen LogP contribution in [-0.2, 0) is 5.75 Å². The smallest absolute Gasteiger partial charge is 0.335 e. The number of aromatic nitrogens is 1. The molecule has 0 aliphatic rings. The maximum Gasteiger partial charge on any atom is 0.335 e. The lowest BCUT2D eigenvalue weighted by molar-refractivity contribution is 0.0697. The Bertz CT molecular complexity index is 977. The van der Waals surface area contributed by atoms with Crippen molar-refractivity contribution in [2.24, 2.45) is 0 Å². The molecule has 0 spiro atoms. The van der Waals surface area contributed by atoms with Crippen molar-refractivity contribution in [3.8, 4) is 17.2 Å². The molecule has 1 aromatic heterocycles. The topological polar surface area (TPSA) is 74.0 Å². The van der Waals surface area contributed by atoms with Crippen molar-refractivity contribution in [3.63, 3.8) is 0 Å². The summed E-state index contributed by atoms with van der Waals surface area (Å²) in [4.78, 5) is 15.5. The van der Waals surface area contributed by atoms with Gasteiger partial charge in [0.05, 0.1) is 11.1 Å². The molecule has 0 fully saturated rings. The molecule has 5 heteroatoms. The second-order valence-electron chi connectivity index (χ2n) is 5.76. The summed E-state index contributed by atoms with van der Waals surface area (Å²) in [7, 11) is 0. The molecule has 128 valence electrons. The zero-order valence-corrected chi connectivity index (χ0v) is 15.0. The molecule has 0 unspecified atom stereocenters. The van der Waals surface area contributed by atoms with Crippen molar-refractivity contribution in [2.45, 2.75) is 17.7 Å². The van der Waals surface area contributed by atoms with E-state index >= 15 is 0 Å². The van der Waals surface area contributed by atoms with Crippen molar-refractivity contribution in [3.05, 3.63) is 83.0 Å². The molecule has 0 bridgehead atoms. The van der Waals surface area contributed by atoms with Gasteiger partial charge in [0.2, 0.25) is 0 Å². The van der Waals surface area contributed by atoms with E-state index in [9.17, 15) is 10.1 Å². The molecule has 0 aliphatic carbocycles. The van der Waals surface area contributed by atoms with Gasteiger partial charge in [0.1, 0.15) is 11.1 Å². The molecule has 3 aromatic rings. The van der Waals surface area contributed by atoms with Crippen LogP contribution >= 0.6 is 11.8 Å². The average Bonchev–Trinajstić information content (AvgIpc) is 2.67. The van der Waals surface area contributed by atoms with Crippen molar-refractivity contribution in [2.75, 3.05) is 0 Å². The number of thioether (sulfide) groups is 1. The minimum Gasteiger partial charge on any atom is -0.478 e. The predicted octanol–water partition coefficient (Wildman–Crippen LogP) is 4.92. The lowest BCUT2D eigenvalue weighted by atomic mass is 10.0. The molecule has 0 atom stereocenters. The first-order chi connectivity index (χ1) is 12.6. The predicted molar refractivity (Wildman–Crippen MR) is 102 cm³/mol. The highest BCUT2D eigenvalue weighted by Gasteiger charge is 2.14. The number of carboxylic acids is 1. The molecule has 0 saturated carbocycles. The fraction of sp³-hybridized carbons (Fsp3) is 0.0952. The zero-order valence-electron chi connectivity index (χ0n) is 14.1. The Morgan fingerprint density at radius 2 is 1.85 bits per heavy atom. The van der Waals surface area contributed by atoms with Crippen LogP contribution in [0.5, 0.6) is 0 Å². The first kappa shape index (κ1) is 17.7. The van der Waals surface area contributed by atoms with Crippen LogP contribution in [0.4, 0.5) is 0 Å². The highest BCUT2D eigenvalue weighted by Crippen LogP contribution is 2.32. The monoisotopic (exact) mass is 360 g/mol. The van der Waals surface area contributed by atoms with Gasteiger partial charge in [-0.3, -0.25) is 0 Å². The minimum absolute atomic E-state index is 0.261. The van der Waals surface area contributed by atoms with E-state index in [0.717, 1.165) is 22.4 Å². The second-order valence-corrected chi connectivity index (χ2v) is 6.72. The van der Waals surface area contributed by atoms with E-state index < -0.39 is 5.97 Å². The van der Waals surface area contributed by atoms with E-state index in [1.54, 1.807) is 24.3 Å². The summed E-state index contributed by atoms with van der Waals surface area (Å²) in [5.74, 6) is -0.331. The maximum atomic E-state index is 10.9.